The van der Waals surface area contributed by atoms with Crippen molar-refractivity contribution >= 4 is 14.3 Å². The lowest BCUT2D eigenvalue weighted by molar-refractivity contribution is -0.155. The van der Waals surface area contributed by atoms with Crippen LogP contribution in [-0.2, 0) is 14.0 Å². The maximum absolute atomic E-state index is 12.9. The minimum absolute atomic E-state index is 0.0549. The summed E-state index contributed by atoms with van der Waals surface area (Å²) in [4.78, 5) is 15.4. The van der Waals surface area contributed by atoms with Crippen LogP contribution >= 0.6 is 0 Å². The van der Waals surface area contributed by atoms with E-state index in [1.165, 1.54) is 12.8 Å². The van der Waals surface area contributed by atoms with Crippen molar-refractivity contribution in [1.82, 2.24) is 4.90 Å². The van der Waals surface area contributed by atoms with Crippen molar-refractivity contribution in [3.05, 3.63) is 35.9 Å². The van der Waals surface area contributed by atoms with Crippen LogP contribution in [0.5, 0.6) is 0 Å². The van der Waals surface area contributed by atoms with Gasteiger partial charge in [0.15, 0.2) is 8.32 Å². The summed E-state index contributed by atoms with van der Waals surface area (Å²) >= 11 is 0. The molecule has 25 heavy (non-hydrogen) atoms. The van der Waals surface area contributed by atoms with Gasteiger partial charge in [-0.1, -0.05) is 30.3 Å². The normalized spacial score (nSPS) is 27.9. The van der Waals surface area contributed by atoms with Crippen LogP contribution in [0.15, 0.2) is 30.3 Å². The number of ether oxygens (including phenoxy) is 1. The fourth-order valence-electron chi connectivity index (χ4n) is 4.02. The first-order chi connectivity index (χ1) is 11.8. The molecule has 0 aromatic heterocycles. The molecule has 4 nitrogen and oxygen atoms in total. The van der Waals surface area contributed by atoms with Crippen LogP contribution in [0.3, 0.4) is 0 Å². The number of esters is 1. The Bertz CT molecular complexity index is 572. The molecule has 1 aromatic carbocycles. The van der Waals surface area contributed by atoms with Crippen LogP contribution < -0.4 is 0 Å². The summed E-state index contributed by atoms with van der Waals surface area (Å²) in [6.45, 7) is 6.86. The maximum atomic E-state index is 12.9. The fourth-order valence-corrected chi connectivity index (χ4v) is 4.69. The number of rotatable bonds is 6. The van der Waals surface area contributed by atoms with E-state index in [1.807, 2.05) is 30.3 Å². The second kappa shape index (κ2) is 7.60. The van der Waals surface area contributed by atoms with E-state index in [0.717, 1.165) is 18.4 Å². The zero-order chi connectivity index (χ0) is 18.0. The largest absolute Gasteiger partial charge is 0.462 e. The van der Waals surface area contributed by atoms with Gasteiger partial charge in [-0.2, -0.15) is 0 Å². The van der Waals surface area contributed by atoms with Gasteiger partial charge in [0.05, 0.1) is 6.61 Å². The standard InChI is InChI=1S/C20H31NO3Si/c1-21-16-10-11-17(21)13-18(12-16)24-20(22)19(14-23-25(2,3)4)15-8-6-5-7-9-15/h5-9,16-19H,10-14H2,1-4H3/t16-,17+,18?,19-/m1/s1. The number of benzene rings is 1. The van der Waals surface area contributed by atoms with Gasteiger partial charge in [-0.15, -0.1) is 0 Å². The molecule has 0 radical (unpaired) electrons. The predicted molar refractivity (Wildman–Crippen MR) is 102 cm³/mol. The first-order valence-corrected chi connectivity index (χ1v) is 12.9. The highest BCUT2D eigenvalue weighted by Crippen LogP contribution is 2.36. The smallest absolute Gasteiger partial charge is 0.316 e. The molecule has 0 saturated carbocycles. The number of hydrogen-bond acceptors (Lipinski definition) is 4. The van der Waals surface area contributed by atoms with Gasteiger partial charge in [-0.3, -0.25) is 4.79 Å². The van der Waals surface area contributed by atoms with Crippen LogP contribution in [0.4, 0.5) is 0 Å². The molecular formula is C20H31NO3Si. The summed E-state index contributed by atoms with van der Waals surface area (Å²) in [5.41, 5.74) is 0.988. The number of fused-ring (bicyclic) bond motifs is 2. The first-order valence-electron chi connectivity index (χ1n) is 9.45. The summed E-state index contributed by atoms with van der Waals surface area (Å²) in [7, 11) is 0.517. The van der Waals surface area contributed by atoms with Gasteiger partial charge in [0.25, 0.3) is 0 Å². The fraction of sp³-hybridized carbons (Fsp3) is 0.650. The van der Waals surface area contributed by atoms with Gasteiger partial charge >= 0.3 is 5.97 Å². The number of hydrogen-bond donors (Lipinski definition) is 0. The Morgan fingerprint density at radius 1 is 1.16 bits per heavy atom. The Hall–Kier alpha value is -1.17. The van der Waals surface area contributed by atoms with Gasteiger partial charge in [0, 0.05) is 12.1 Å². The molecule has 2 heterocycles. The van der Waals surface area contributed by atoms with Crippen molar-refractivity contribution in [2.24, 2.45) is 0 Å². The predicted octanol–water partition coefficient (Wildman–Crippen LogP) is 3.79. The average Bonchev–Trinajstić information content (AvgIpc) is 2.77. The van der Waals surface area contributed by atoms with E-state index in [9.17, 15) is 4.79 Å². The quantitative estimate of drug-likeness (QED) is 0.571. The molecule has 0 aliphatic carbocycles. The summed E-state index contributed by atoms with van der Waals surface area (Å²) < 4.78 is 12.0. The minimum atomic E-state index is -1.69. The van der Waals surface area contributed by atoms with E-state index in [1.54, 1.807) is 0 Å². The highest BCUT2D eigenvalue weighted by atomic mass is 28.4. The Balaban J connectivity index is 1.67. The third-order valence-corrected chi connectivity index (χ3v) is 6.54. The summed E-state index contributed by atoms with van der Waals surface area (Å²) in [5.74, 6) is -0.455. The van der Waals surface area contributed by atoms with Gasteiger partial charge in [0.2, 0.25) is 0 Å². The Labute approximate surface area is 152 Å². The second-order valence-corrected chi connectivity index (χ2v) is 13.0. The number of carbonyl (C=O) groups excluding carboxylic acids is 1. The molecule has 1 aromatic rings. The molecule has 0 N–H and O–H groups in total. The highest BCUT2D eigenvalue weighted by molar-refractivity contribution is 6.69. The molecule has 138 valence electrons. The third-order valence-electron chi connectivity index (χ3n) is 5.51. The van der Waals surface area contributed by atoms with Crippen molar-refractivity contribution < 1.29 is 14.0 Å². The Morgan fingerprint density at radius 2 is 1.76 bits per heavy atom. The zero-order valence-electron chi connectivity index (χ0n) is 15.9. The van der Waals surface area contributed by atoms with Crippen molar-refractivity contribution in [3.63, 3.8) is 0 Å². The highest BCUT2D eigenvalue weighted by Gasteiger charge is 2.40. The SMILES string of the molecule is CN1[C@@H]2CC[C@H]1CC(OC(=O)[C@H](CO[Si](C)(C)C)c1ccccc1)C2. The molecule has 1 unspecified atom stereocenters. The van der Waals surface area contributed by atoms with E-state index >= 15 is 0 Å². The number of piperidine rings is 1. The lowest BCUT2D eigenvalue weighted by Crippen LogP contribution is -2.44. The molecule has 2 bridgehead atoms. The molecule has 4 atom stereocenters. The summed E-state index contributed by atoms with van der Waals surface area (Å²) in [6, 6.07) is 11.1. The minimum Gasteiger partial charge on any atom is -0.462 e. The van der Waals surface area contributed by atoms with Crippen molar-refractivity contribution in [1.29, 1.82) is 0 Å². The van der Waals surface area contributed by atoms with E-state index < -0.39 is 8.32 Å². The average molecular weight is 362 g/mol. The molecule has 2 aliphatic heterocycles. The molecule has 3 rings (SSSR count). The van der Waals surface area contributed by atoms with E-state index in [4.69, 9.17) is 9.16 Å². The van der Waals surface area contributed by atoms with Crippen LogP contribution in [0, 0.1) is 0 Å². The topological polar surface area (TPSA) is 38.8 Å². The molecule has 0 amide bonds. The van der Waals surface area contributed by atoms with E-state index in [2.05, 4.69) is 31.6 Å². The van der Waals surface area contributed by atoms with Crippen LogP contribution in [-0.4, -0.2) is 51.0 Å². The van der Waals surface area contributed by atoms with Crippen LogP contribution in [0.25, 0.3) is 0 Å². The van der Waals surface area contributed by atoms with Crippen LogP contribution in [0.2, 0.25) is 19.6 Å². The lowest BCUT2D eigenvalue weighted by atomic mass is 9.98. The molecule has 2 saturated heterocycles. The molecule has 2 aliphatic rings. The second-order valence-electron chi connectivity index (χ2n) is 8.47. The lowest BCUT2D eigenvalue weighted by Gasteiger charge is -2.36. The van der Waals surface area contributed by atoms with Crippen LogP contribution in [0.1, 0.15) is 37.2 Å². The van der Waals surface area contributed by atoms with Gasteiger partial charge in [0.1, 0.15) is 12.0 Å². The molecular weight excluding hydrogens is 330 g/mol. The van der Waals surface area contributed by atoms with E-state index in [0.29, 0.717) is 18.7 Å². The van der Waals surface area contributed by atoms with Crippen molar-refractivity contribution in [2.75, 3.05) is 13.7 Å². The number of carbonyl (C=O) groups is 1. The zero-order valence-corrected chi connectivity index (χ0v) is 16.9. The number of nitrogens with zero attached hydrogens (tertiary/aromatic N) is 1. The van der Waals surface area contributed by atoms with E-state index in [-0.39, 0.29) is 18.0 Å². The molecule has 5 heteroatoms. The van der Waals surface area contributed by atoms with Crippen molar-refractivity contribution in [3.8, 4) is 0 Å². The Kier molecular flexibility index (Phi) is 5.66. The third kappa shape index (κ3) is 4.71. The summed E-state index contributed by atoms with van der Waals surface area (Å²) in [6.07, 6.45) is 4.45. The van der Waals surface area contributed by atoms with Gasteiger partial charge in [-0.05, 0) is 57.9 Å². The monoisotopic (exact) mass is 361 g/mol. The first kappa shape index (κ1) is 18.6. The maximum Gasteiger partial charge on any atom is 0.316 e. The summed E-state index contributed by atoms with van der Waals surface area (Å²) in [5, 5.41) is 0. The van der Waals surface area contributed by atoms with Gasteiger partial charge in [-0.25, -0.2) is 0 Å². The molecule has 0 spiro atoms. The van der Waals surface area contributed by atoms with Crippen molar-refractivity contribution in [2.45, 2.75) is 69.4 Å². The van der Waals surface area contributed by atoms with Gasteiger partial charge < -0.3 is 14.1 Å². The molecule has 2 fully saturated rings. The Morgan fingerprint density at radius 3 is 2.32 bits per heavy atom.